The van der Waals surface area contributed by atoms with E-state index in [0.29, 0.717) is 0 Å². The summed E-state index contributed by atoms with van der Waals surface area (Å²) in [7, 11) is 0. The minimum Gasteiger partial charge on any atom is -0.545 e. The molecule has 0 spiro atoms. The van der Waals surface area contributed by atoms with Crippen LogP contribution in [0.5, 0.6) is 0 Å². The molecule has 0 atom stereocenters. The third-order valence-electron chi connectivity index (χ3n) is 1.34. The SMILES string of the molecule is Cc1ccc(C(=O)[O-])c(I)c1. The molecule has 1 aromatic carbocycles. The fraction of sp³-hybridized carbons (Fsp3) is 0.125. The molecule has 0 heterocycles. The van der Waals surface area contributed by atoms with Gasteiger partial charge in [-0.1, -0.05) is 17.7 Å². The lowest BCUT2D eigenvalue weighted by molar-refractivity contribution is -0.255. The predicted octanol–water partition coefficient (Wildman–Crippen LogP) is 0.963. The number of aryl methyl sites for hydroxylation is 1. The van der Waals surface area contributed by atoms with Gasteiger partial charge >= 0.3 is 0 Å². The summed E-state index contributed by atoms with van der Waals surface area (Å²) in [6, 6.07) is 5.13. The lowest BCUT2D eigenvalue weighted by Crippen LogP contribution is -2.23. The molecule has 0 N–H and O–H groups in total. The Morgan fingerprint density at radius 2 is 2.18 bits per heavy atom. The van der Waals surface area contributed by atoms with Gasteiger partial charge in [0.15, 0.2) is 0 Å². The molecular weight excluding hydrogens is 255 g/mol. The molecular formula is C8H6IO2-. The maximum absolute atomic E-state index is 10.4. The molecule has 1 rings (SSSR count). The van der Waals surface area contributed by atoms with Gasteiger partial charge in [0.25, 0.3) is 0 Å². The molecule has 1 aromatic rings. The average molecular weight is 261 g/mol. The molecule has 0 fully saturated rings. The molecule has 2 nitrogen and oxygen atoms in total. The van der Waals surface area contributed by atoms with E-state index in [0.717, 1.165) is 9.13 Å². The third kappa shape index (κ3) is 1.92. The minimum absolute atomic E-state index is 0.260. The number of hydrogen-bond donors (Lipinski definition) is 0. The van der Waals surface area contributed by atoms with Gasteiger partial charge in [-0.25, -0.2) is 0 Å². The second-order valence-corrected chi connectivity index (χ2v) is 3.43. The summed E-state index contributed by atoms with van der Waals surface area (Å²) in [5.74, 6) is -1.12. The Labute approximate surface area is 78.4 Å². The number of carbonyl (C=O) groups is 1. The summed E-state index contributed by atoms with van der Waals surface area (Å²) in [6.07, 6.45) is 0. The van der Waals surface area contributed by atoms with Crippen molar-refractivity contribution in [3.8, 4) is 0 Å². The summed E-state index contributed by atoms with van der Waals surface area (Å²) in [4.78, 5) is 10.4. The normalized spacial score (nSPS) is 9.64. The quantitative estimate of drug-likeness (QED) is 0.706. The number of carboxylic acids is 1. The third-order valence-corrected chi connectivity index (χ3v) is 2.24. The summed E-state index contributed by atoms with van der Waals surface area (Å²) in [5, 5.41) is 10.4. The van der Waals surface area contributed by atoms with E-state index in [1.54, 1.807) is 12.1 Å². The highest BCUT2D eigenvalue weighted by molar-refractivity contribution is 14.1. The van der Waals surface area contributed by atoms with Crippen LogP contribution >= 0.6 is 22.6 Å². The molecule has 0 radical (unpaired) electrons. The molecule has 0 bridgehead atoms. The monoisotopic (exact) mass is 261 g/mol. The molecule has 0 saturated carbocycles. The second-order valence-electron chi connectivity index (χ2n) is 2.27. The van der Waals surface area contributed by atoms with E-state index < -0.39 is 5.97 Å². The van der Waals surface area contributed by atoms with Gasteiger partial charge in [-0.05, 0) is 35.6 Å². The van der Waals surface area contributed by atoms with Crippen LogP contribution in [0.2, 0.25) is 0 Å². The molecule has 0 aromatic heterocycles. The maximum atomic E-state index is 10.4. The number of carbonyl (C=O) groups excluding carboxylic acids is 1. The second kappa shape index (κ2) is 3.21. The van der Waals surface area contributed by atoms with Crippen LogP contribution in [0.3, 0.4) is 0 Å². The number of carboxylic acid groups (broad SMARTS) is 1. The lowest BCUT2D eigenvalue weighted by Gasteiger charge is -2.04. The van der Waals surface area contributed by atoms with E-state index in [1.807, 2.05) is 35.6 Å². The van der Waals surface area contributed by atoms with Crippen molar-refractivity contribution in [1.82, 2.24) is 0 Å². The largest absolute Gasteiger partial charge is 0.545 e. The van der Waals surface area contributed by atoms with Crippen LogP contribution in [0.4, 0.5) is 0 Å². The maximum Gasteiger partial charge on any atom is 0.0725 e. The van der Waals surface area contributed by atoms with Crippen molar-refractivity contribution in [1.29, 1.82) is 0 Å². The standard InChI is InChI=1S/C8H7IO2/c1-5-2-3-6(8(10)11)7(9)4-5/h2-4H,1H3,(H,10,11)/p-1. The van der Waals surface area contributed by atoms with Gasteiger partial charge in [0.2, 0.25) is 0 Å². The Balaban J connectivity index is 3.20. The first-order valence-corrected chi connectivity index (χ1v) is 4.16. The summed E-state index contributed by atoms with van der Waals surface area (Å²) < 4.78 is 0.725. The van der Waals surface area contributed by atoms with E-state index in [2.05, 4.69) is 0 Å². The number of rotatable bonds is 1. The van der Waals surface area contributed by atoms with Crippen LogP contribution in [0, 0.1) is 10.5 Å². The van der Waals surface area contributed by atoms with Gasteiger partial charge in [-0.2, -0.15) is 0 Å². The predicted molar refractivity (Wildman–Crippen MR) is 48.2 cm³/mol. The van der Waals surface area contributed by atoms with Crippen molar-refractivity contribution in [2.75, 3.05) is 0 Å². The van der Waals surface area contributed by atoms with E-state index in [4.69, 9.17) is 0 Å². The molecule has 0 aliphatic rings. The van der Waals surface area contributed by atoms with Crippen molar-refractivity contribution in [3.63, 3.8) is 0 Å². The van der Waals surface area contributed by atoms with Gasteiger partial charge < -0.3 is 9.90 Å². The van der Waals surface area contributed by atoms with E-state index in [1.165, 1.54) is 0 Å². The van der Waals surface area contributed by atoms with Crippen molar-refractivity contribution in [2.45, 2.75) is 6.92 Å². The van der Waals surface area contributed by atoms with Crippen LogP contribution in [0.25, 0.3) is 0 Å². The first kappa shape index (κ1) is 8.52. The molecule has 0 amide bonds. The lowest BCUT2D eigenvalue weighted by atomic mass is 10.2. The van der Waals surface area contributed by atoms with Crippen LogP contribution in [0.1, 0.15) is 15.9 Å². The first-order valence-electron chi connectivity index (χ1n) is 3.09. The highest BCUT2D eigenvalue weighted by atomic mass is 127. The Morgan fingerprint density at radius 1 is 1.55 bits per heavy atom. The molecule has 0 aliphatic heterocycles. The highest BCUT2D eigenvalue weighted by Gasteiger charge is 1.98. The average Bonchev–Trinajstić information content (AvgIpc) is 1.85. The van der Waals surface area contributed by atoms with Crippen LogP contribution < -0.4 is 5.11 Å². The van der Waals surface area contributed by atoms with Gasteiger partial charge in [0, 0.05) is 9.13 Å². The molecule has 58 valence electrons. The number of benzene rings is 1. The van der Waals surface area contributed by atoms with Crippen molar-refractivity contribution < 1.29 is 9.90 Å². The Morgan fingerprint density at radius 3 is 2.64 bits per heavy atom. The minimum atomic E-state index is -1.12. The smallest absolute Gasteiger partial charge is 0.0725 e. The van der Waals surface area contributed by atoms with Gasteiger partial charge in [0.05, 0.1) is 5.97 Å². The topological polar surface area (TPSA) is 40.1 Å². The summed E-state index contributed by atoms with van der Waals surface area (Å²) >= 11 is 1.98. The molecule has 0 unspecified atom stereocenters. The fourth-order valence-electron chi connectivity index (χ4n) is 0.786. The highest BCUT2D eigenvalue weighted by Crippen LogP contribution is 2.12. The van der Waals surface area contributed by atoms with E-state index in [9.17, 15) is 9.90 Å². The van der Waals surface area contributed by atoms with Crippen LogP contribution in [-0.4, -0.2) is 5.97 Å². The fourth-order valence-corrected chi connectivity index (χ4v) is 1.68. The molecule has 0 saturated heterocycles. The Kier molecular flexibility index (Phi) is 2.49. The first-order chi connectivity index (χ1) is 5.11. The van der Waals surface area contributed by atoms with Gasteiger partial charge in [0.1, 0.15) is 0 Å². The van der Waals surface area contributed by atoms with Crippen molar-refractivity contribution in [3.05, 3.63) is 32.9 Å². The number of hydrogen-bond acceptors (Lipinski definition) is 2. The van der Waals surface area contributed by atoms with Crippen LogP contribution in [-0.2, 0) is 0 Å². The summed E-state index contributed by atoms with van der Waals surface area (Å²) in [6.45, 7) is 1.92. The van der Waals surface area contributed by atoms with E-state index >= 15 is 0 Å². The van der Waals surface area contributed by atoms with Gasteiger partial charge in [-0.15, -0.1) is 0 Å². The molecule has 3 heteroatoms. The zero-order valence-corrected chi connectivity index (χ0v) is 8.08. The number of halogens is 1. The molecule has 0 aliphatic carbocycles. The van der Waals surface area contributed by atoms with Crippen molar-refractivity contribution >= 4 is 28.6 Å². The zero-order chi connectivity index (χ0) is 8.43. The summed E-state index contributed by atoms with van der Waals surface area (Å²) in [5.41, 5.74) is 1.32. The van der Waals surface area contributed by atoms with Gasteiger partial charge in [-0.3, -0.25) is 0 Å². The Hall–Kier alpha value is -0.580. The van der Waals surface area contributed by atoms with E-state index in [-0.39, 0.29) is 5.56 Å². The molecule has 11 heavy (non-hydrogen) atoms. The van der Waals surface area contributed by atoms with Crippen molar-refractivity contribution in [2.24, 2.45) is 0 Å². The Bertz CT molecular complexity index is 294. The van der Waals surface area contributed by atoms with Crippen LogP contribution in [0.15, 0.2) is 18.2 Å². The zero-order valence-electron chi connectivity index (χ0n) is 5.93. The number of aromatic carboxylic acids is 1.